The molecule has 21 heavy (non-hydrogen) atoms. The third-order valence-electron chi connectivity index (χ3n) is 3.02. The molecule has 0 aliphatic rings. The number of methoxy groups -OCH3 is 1. The van der Waals surface area contributed by atoms with E-state index in [1.54, 1.807) is 11.8 Å². The van der Waals surface area contributed by atoms with Gasteiger partial charge >= 0.3 is 0 Å². The predicted molar refractivity (Wildman–Crippen MR) is 84.7 cm³/mol. The minimum absolute atomic E-state index is 0.0318. The molecule has 2 aromatic rings. The lowest BCUT2D eigenvalue weighted by Gasteiger charge is -2.14. The molecule has 0 spiro atoms. The zero-order chi connectivity index (χ0) is 15.2. The van der Waals surface area contributed by atoms with Gasteiger partial charge in [-0.1, -0.05) is 23.7 Å². The Bertz CT molecular complexity index is 586. The second-order valence-electron chi connectivity index (χ2n) is 4.87. The fourth-order valence-electron chi connectivity index (χ4n) is 2.13. The van der Waals surface area contributed by atoms with Gasteiger partial charge in [0.25, 0.3) is 0 Å². The van der Waals surface area contributed by atoms with Gasteiger partial charge in [-0.25, -0.2) is 4.68 Å². The van der Waals surface area contributed by atoms with Crippen molar-refractivity contribution in [3.05, 3.63) is 35.4 Å². The molecule has 0 saturated heterocycles. The zero-order valence-electron chi connectivity index (χ0n) is 12.2. The van der Waals surface area contributed by atoms with Crippen molar-refractivity contribution < 1.29 is 9.84 Å². The fourth-order valence-corrected chi connectivity index (χ4v) is 2.32. The first kappa shape index (κ1) is 15.8. The molecule has 1 aromatic heterocycles. The Balaban J connectivity index is 2.27. The molecular formula is C15H20ClN3O2. The van der Waals surface area contributed by atoms with E-state index in [1.165, 1.54) is 0 Å². The van der Waals surface area contributed by atoms with Crippen LogP contribution in [0.5, 0.6) is 0 Å². The van der Waals surface area contributed by atoms with Crippen LogP contribution in [0.15, 0.2) is 30.3 Å². The summed E-state index contributed by atoms with van der Waals surface area (Å²) >= 11 is 6.02. The van der Waals surface area contributed by atoms with Crippen LogP contribution in [0.4, 0.5) is 5.82 Å². The van der Waals surface area contributed by atoms with Gasteiger partial charge in [-0.3, -0.25) is 0 Å². The minimum atomic E-state index is 0.0318. The lowest BCUT2D eigenvalue weighted by Crippen LogP contribution is -2.23. The largest absolute Gasteiger partial charge is 0.394 e. The van der Waals surface area contributed by atoms with E-state index in [9.17, 15) is 5.11 Å². The summed E-state index contributed by atoms with van der Waals surface area (Å²) in [6.45, 7) is 3.09. The van der Waals surface area contributed by atoms with E-state index in [0.717, 1.165) is 17.1 Å². The van der Waals surface area contributed by atoms with E-state index in [-0.39, 0.29) is 12.6 Å². The van der Waals surface area contributed by atoms with Crippen LogP contribution in [0.1, 0.15) is 6.92 Å². The minimum Gasteiger partial charge on any atom is -0.394 e. The molecule has 0 amide bonds. The standard InChI is InChI=1S/C15H20ClN3O2/c1-11(10-21-2)17-15-9-14(18-19(15)6-7-20)12-4-3-5-13(16)8-12/h3-5,8-9,11,17,20H,6-7,10H2,1-2H3. The summed E-state index contributed by atoms with van der Waals surface area (Å²) in [4.78, 5) is 0. The van der Waals surface area contributed by atoms with Crippen LogP contribution in [-0.2, 0) is 11.3 Å². The highest BCUT2D eigenvalue weighted by Crippen LogP contribution is 2.24. The van der Waals surface area contributed by atoms with Gasteiger partial charge < -0.3 is 15.2 Å². The average molecular weight is 310 g/mol. The first-order chi connectivity index (χ1) is 10.1. The van der Waals surface area contributed by atoms with Crippen LogP contribution >= 0.6 is 11.6 Å². The number of nitrogens with zero attached hydrogens (tertiary/aromatic N) is 2. The number of hydrogen-bond donors (Lipinski definition) is 2. The number of nitrogens with one attached hydrogen (secondary N) is 1. The summed E-state index contributed by atoms with van der Waals surface area (Å²) in [7, 11) is 1.67. The number of halogens is 1. The smallest absolute Gasteiger partial charge is 0.125 e. The number of benzene rings is 1. The summed E-state index contributed by atoms with van der Waals surface area (Å²) < 4.78 is 6.88. The Morgan fingerprint density at radius 3 is 2.90 bits per heavy atom. The molecule has 0 radical (unpaired) electrons. The average Bonchev–Trinajstić information content (AvgIpc) is 2.83. The molecule has 2 rings (SSSR count). The van der Waals surface area contributed by atoms with Crippen molar-refractivity contribution in [3.8, 4) is 11.3 Å². The molecule has 5 nitrogen and oxygen atoms in total. The molecule has 0 aliphatic carbocycles. The number of ether oxygens (including phenoxy) is 1. The van der Waals surface area contributed by atoms with Gasteiger partial charge in [-0.05, 0) is 19.1 Å². The molecule has 0 fully saturated rings. The number of aliphatic hydroxyl groups is 1. The van der Waals surface area contributed by atoms with E-state index in [1.807, 2.05) is 37.3 Å². The van der Waals surface area contributed by atoms with Crippen LogP contribution in [-0.4, -0.2) is 41.3 Å². The van der Waals surface area contributed by atoms with Crippen LogP contribution < -0.4 is 5.32 Å². The Hall–Kier alpha value is -1.56. The normalized spacial score (nSPS) is 12.4. The molecule has 0 saturated carbocycles. The highest BCUT2D eigenvalue weighted by Gasteiger charge is 2.12. The first-order valence-electron chi connectivity index (χ1n) is 6.84. The second-order valence-corrected chi connectivity index (χ2v) is 5.31. The number of aromatic nitrogens is 2. The third-order valence-corrected chi connectivity index (χ3v) is 3.26. The molecule has 2 N–H and O–H groups in total. The molecule has 1 unspecified atom stereocenters. The lowest BCUT2D eigenvalue weighted by molar-refractivity contribution is 0.190. The molecule has 1 heterocycles. The van der Waals surface area contributed by atoms with Crippen molar-refractivity contribution in [2.24, 2.45) is 0 Å². The van der Waals surface area contributed by atoms with Gasteiger partial charge in [0.1, 0.15) is 5.82 Å². The monoisotopic (exact) mass is 309 g/mol. The predicted octanol–water partition coefficient (Wildman–Crippen LogP) is 2.64. The number of aliphatic hydroxyl groups excluding tert-OH is 1. The topological polar surface area (TPSA) is 59.3 Å². The van der Waals surface area contributed by atoms with Gasteiger partial charge in [0.05, 0.1) is 25.5 Å². The molecular weight excluding hydrogens is 290 g/mol. The van der Waals surface area contributed by atoms with Crippen molar-refractivity contribution in [1.82, 2.24) is 9.78 Å². The third kappa shape index (κ3) is 4.20. The zero-order valence-corrected chi connectivity index (χ0v) is 13.0. The van der Waals surface area contributed by atoms with Crippen LogP contribution in [0.3, 0.4) is 0 Å². The van der Waals surface area contributed by atoms with E-state index >= 15 is 0 Å². The van der Waals surface area contributed by atoms with Crippen molar-refractivity contribution in [2.75, 3.05) is 25.6 Å². The highest BCUT2D eigenvalue weighted by atomic mass is 35.5. The van der Waals surface area contributed by atoms with E-state index in [0.29, 0.717) is 18.2 Å². The van der Waals surface area contributed by atoms with Gasteiger partial charge in [0.2, 0.25) is 0 Å². The molecule has 6 heteroatoms. The summed E-state index contributed by atoms with van der Waals surface area (Å²) in [5.41, 5.74) is 1.76. The quantitative estimate of drug-likeness (QED) is 0.825. The van der Waals surface area contributed by atoms with E-state index < -0.39 is 0 Å². The summed E-state index contributed by atoms with van der Waals surface area (Å²) in [5, 5.41) is 17.7. The maximum atomic E-state index is 9.17. The molecule has 114 valence electrons. The lowest BCUT2D eigenvalue weighted by atomic mass is 10.1. The fraction of sp³-hybridized carbons (Fsp3) is 0.400. The Kier molecular flexibility index (Phi) is 5.61. The van der Waals surface area contributed by atoms with Gasteiger partial charge in [-0.2, -0.15) is 5.10 Å². The van der Waals surface area contributed by atoms with Gasteiger partial charge in [0.15, 0.2) is 0 Å². The summed E-state index contributed by atoms with van der Waals surface area (Å²) in [6, 6.07) is 9.65. The summed E-state index contributed by atoms with van der Waals surface area (Å²) in [5.74, 6) is 0.851. The highest BCUT2D eigenvalue weighted by molar-refractivity contribution is 6.30. The first-order valence-corrected chi connectivity index (χ1v) is 7.22. The summed E-state index contributed by atoms with van der Waals surface area (Å²) in [6.07, 6.45) is 0. The maximum Gasteiger partial charge on any atom is 0.125 e. The molecule has 0 aliphatic heterocycles. The number of anilines is 1. The molecule has 0 bridgehead atoms. The van der Waals surface area contributed by atoms with E-state index in [2.05, 4.69) is 10.4 Å². The van der Waals surface area contributed by atoms with Gasteiger partial charge in [-0.15, -0.1) is 0 Å². The van der Waals surface area contributed by atoms with E-state index in [4.69, 9.17) is 16.3 Å². The maximum absolute atomic E-state index is 9.17. The molecule has 1 aromatic carbocycles. The Morgan fingerprint density at radius 1 is 1.43 bits per heavy atom. The molecule has 1 atom stereocenters. The van der Waals surface area contributed by atoms with Crippen LogP contribution in [0, 0.1) is 0 Å². The van der Waals surface area contributed by atoms with Crippen LogP contribution in [0.25, 0.3) is 11.3 Å². The van der Waals surface area contributed by atoms with Gasteiger partial charge in [0, 0.05) is 29.8 Å². The van der Waals surface area contributed by atoms with Crippen molar-refractivity contribution in [3.63, 3.8) is 0 Å². The van der Waals surface area contributed by atoms with Crippen molar-refractivity contribution >= 4 is 17.4 Å². The Morgan fingerprint density at radius 2 is 2.24 bits per heavy atom. The van der Waals surface area contributed by atoms with Crippen molar-refractivity contribution in [1.29, 1.82) is 0 Å². The Labute approximate surface area is 129 Å². The SMILES string of the molecule is COCC(C)Nc1cc(-c2cccc(Cl)c2)nn1CCO. The number of hydrogen-bond acceptors (Lipinski definition) is 4. The second kappa shape index (κ2) is 7.45. The number of rotatable bonds is 7. The van der Waals surface area contributed by atoms with Crippen molar-refractivity contribution in [2.45, 2.75) is 19.5 Å². The van der Waals surface area contributed by atoms with Crippen LogP contribution in [0.2, 0.25) is 5.02 Å².